The fourth-order valence-electron chi connectivity index (χ4n) is 0.984. The highest BCUT2D eigenvalue weighted by Crippen LogP contribution is 1.94. The number of carbonyl (C=O) groups is 2. The van der Waals surface area contributed by atoms with Crippen LogP contribution in [0.15, 0.2) is 0 Å². The third kappa shape index (κ3) is 7.93. The maximum Gasteiger partial charge on any atom is 0.320 e. The van der Waals surface area contributed by atoms with Crippen LogP contribution in [0.4, 0.5) is 0 Å². The number of nitrogens with zero attached hydrogens (tertiary/aromatic N) is 1. The van der Waals surface area contributed by atoms with Gasteiger partial charge in [0.2, 0.25) is 0 Å². The van der Waals surface area contributed by atoms with Gasteiger partial charge < -0.3 is 9.47 Å². The lowest BCUT2D eigenvalue weighted by Gasteiger charge is -2.16. The number of carbonyl (C=O) groups excluding carboxylic acids is 2. The van der Waals surface area contributed by atoms with E-state index in [-0.39, 0.29) is 31.0 Å². The maximum atomic E-state index is 11.2. The zero-order valence-corrected chi connectivity index (χ0v) is 9.78. The van der Waals surface area contributed by atoms with Crippen molar-refractivity contribution in [3.8, 4) is 0 Å². The van der Waals surface area contributed by atoms with Crippen molar-refractivity contribution >= 4 is 11.9 Å². The van der Waals surface area contributed by atoms with Crippen molar-refractivity contribution in [2.24, 2.45) is 0 Å². The Morgan fingerprint density at radius 3 is 2.33 bits per heavy atom. The van der Waals surface area contributed by atoms with E-state index in [1.54, 1.807) is 25.8 Å². The second-order valence-electron chi connectivity index (χ2n) is 3.60. The lowest BCUT2D eigenvalue weighted by molar-refractivity contribution is -0.149. The predicted octanol–water partition coefficient (Wildman–Crippen LogP) is 0.433. The third-order valence-corrected chi connectivity index (χ3v) is 1.69. The van der Waals surface area contributed by atoms with E-state index >= 15 is 0 Å². The van der Waals surface area contributed by atoms with Gasteiger partial charge in [0.1, 0.15) is 0 Å². The third-order valence-electron chi connectivity index (χ3n) is 1.69. The van der Waals surface area contributed by atoms with Crippen molar-refractivity contribution < 1.29 is 19.1 Å². The Morgan fingerprint density at radius 1 is 1.27 bits per heavy atom. The molecule has 0 heterocycles. The van der Waals surface area contributed by atoms with Gasteiger partial charge in [0.25, 0.3) is 0 Å². The SMILES string of the molecule is COC(=O)CCN(C)CC(=O)OC(C)C. The molecule has 0 atom stereocenters. The molecule has 0 aromatic heterocycles. The molecule has 0 unspecified atom stereocenters. The van der Waals surface area contributed by atoms with Crippen LogP contribution in [0.25, 0.3) is 0 Å². The van der Waals surface area contributed by atoms with Gasteiger partial charge in [-0.15, -0.1) is 0 Å². The first-order valence-corrected chi connectivity index (χ1v) is 4.90. The van der Waals surface area contributed by atoms with E-state index in [1.165, 1.54) is 7.11 Å². The fraction of sp³-hybridized carbons (Fsp3) is 0.800. The molecule has 0 aliphatic rings. The lowest BCUT2D eigenvalue weighted by Crippen LogP contribution is -2.30. The van der Waals surface area contributed by atoms with Gasteiger partial charge in [-0.1, -0.05) is 0 Å². The molecule has 0 rings (SSSR count). The Labute approximate surface area is 90.3 Å². The summed E-state index contributed by atoms with van der Waals surface area (Å²) >= 11 is 0. The second-order valence-corrected chi connectivity index (χ2v) is 3.60. The summed E-state index contributed by atoms with van der Waals surface area (Å²) in [4.78, 5) is 23.7. The molecule has 0 aromatic rings. The van der Waals surface area contributed by atoms with E-state index < -0.39 is 0 Å². The smallest absolute Gasteiger partial charge is 0.320 e. The van der Waals surface area contributed by atoms with Crippen LogP contribution in [0.5, 0.6) is 0 Å². The van der Waals surface area contributed by atoms with Crippen LogP contribution in [-0.2, 0) is 19.1 Å². The van der Waals surface area contributed by atoms with Crippen LogP contribution in [0.2, 0.25) is 0 Å². The molecule has 88 valence electrons. The molecule has 0 amide bonds. The first kappa shape index (κ1) is 13.9. The van der Waals surface area contributed by atoms with E-state index in [0.29, 0.717) is 6.54 Å². The Kier molecular flexibility index (Phi) is 6.70. The topological polar surface area (TPSA) is 55.8 Å². The molecule has 0 saturated carbocycles. The average Bonchev–Trinajstić information content (AvgIpc) is 2.12. The summed E-state index contributed by atoms with van der Waals surface area (Å²) in [5.74, 6) is -0.559. The van der Waals surface area contributed by atoms with Crippen molar-refractivity contribution in [2.45, 2.75) is 26.4 Å². The highest BCUT2D eigenvalue weighted by Gasteiger charge is 2.10. The largest absolute Gasteiger partial charge is 0.469 e. The molecule has 0 spiro atoms. The molecule has 15 heavy (non-hydrogen) atoms. The highest BCUT2D eigenvalue weighted by atomic mass is 16.5. The summed E-state index contributed by atoms with van der Waals surface area (Å²) in [6, 6.07) is 0. The standard InChI is InChI=1S/C10H19NO4/c1-8(2)15-10(13)7-11(3)6-5-9(12)14-4/h8H,5-7H2,1-4H3. The number of hydrogen-bond acceptors (Lipinski definition) is 5. The van der Waals surface area contributed by atoms with Gasteiger partial charge in [-0.3, -0.25) is 14.5 Å². The number of ether oxygens (including phenoxy) is 2. The number of likely N-dealkylation sites (N-methyl/N-ethyl adjacent to an activating group) is 1. The Morgan fingerprint density at radius 2 is 1.87 bits per heavy atom. The average molecular weight is 217 g/mol. The molecule has 5 nitrogen and oxygen atoms in total. The molecule has 0 saturated heterocycles. The molecule has 0 aliphatic heterocycles. The molecule has 0 aromatic carbocycles. The number of rotatable bonds is 6. The Bertz CT molecular complexity index is 215. The molecular weight excluding hydrogens is 198 g/mol. The van der Waals surface area contributed by atoms with Crippen molar-refractivity contribution in [1.29, 1.82) is 0 Å². The van der Waals surface area contributed by atoms with E-state index in [9.17, 15) is 9.59 Å². The number of hydrogen-bond donors (Lipinski definition) is 0. The van der Waals surface area contributed by atoms with Gasteiger partial charge in [0.15, 0.2) is 0 Å². The van der Waals surface area contributed by atoms with Gasteiger partial charge in [-0.05, 0) is 20.9 Å². The van der Waals surface area contributed by atoms with Crippen LogP contribution in [0.1, 0.15) is 20.3 Å². The van der Waals surface area contributed by atoms with Crippen LogP contribution in [0, 0.1) is 0 Å². The quantitative estimate of drug-likeness (QED) is 0.604. The minimum absolute atomic E-state index is 0.105. The second kappa shape index (κ2) is 7.23. The summed E-state index contributed by atoms with van der Waals surface area (Å²) in [5, 5.41) is 0. The molecular formula is C10H19NO4. The molecule has 0 fully saturated rings. The maximum absolute atomic E-state index is 11.2. The zero-order chi connectivity index (χ0) is 11.8. The summed E-state index contributed by atoms with van der Waals surface area (Å²) in [7, 11) is 3.10. The normalized spacial score (nSPS) is 10.5. The minimum Gasteiger partial charge on any atom is -0.469 e. The Hall–Kier alpha value is -1.10. The molecule has 0 aliphatic carbocycles. The van der Waals surface area contributed by atoms with Crippen molar-refractivity contribution in [3.63, 3.8) is 0 Å². The van der Waals surface area contributed by atoms with Crippen molar-refractivity contribution in [2.75, 3.05) is 27.2 Å². The summed E-state index contributed by atoms with van der Waals surface area (Å²) in [6.07, 6.45) is 0.175. The van der Waals surface area contributed by atoms with Gasteiger partial charge in [0.05, 0.1) is 26.2 Å². The van der Waals surface area contributed by atoms with Crippen LogP contribution in [-0.4, -0.2) is 50.2 Å². The highest BCUT2D eigenvalue weighted by molar-refractivity contribution is 5.72. The summed E-state index contributed by atoms with van der Waals surface area (Å²) < 4.78 is 9.45. The molecule has 5 heteroatoms. The predicted molar refractivity (Wildman–Crippen MR) is 55.4 cm³/mol. The lowest BCUT2D eigenvalue weighted by atomic mass is 10.4. The van der Waals surface area contributed by atoms with Gasteiger partial charge >= 0.3 is 11.9 Å². The Balaban J connectivity index is 3.68. The summed E-state index contributed by atoms with van der Waals surface area (Å²) in [6.45, 7) is 4.27. The minimum atomic E-state index is -0.280. The summed E-state index contributed by atoms with van der Waals surface area (Å²) in [5.41, 5.74) is 0. The van der Waals surface area contributed by atoms with Crippen LogP contribution in [0.3, 0.4) is 0 Å². The number of esters is 2. The van der Waals surface area contributed by atoms with Gasteiger partial charge in [0, 0.05) is 6.54 Å². The van der Waals surface area contributed by atoms with E-state index in [0.717, 1.165) is 0 Å². The zero-order valence-electron chi connectivity index (χ0n) is 9.78. The van der Waals surface area contributed by atoms with E-state index in [1.807, 2.05) is 0 Å². The van der Waals surface area contributed by atoms with Crippen LogP contribution < -0.4 is 0 Å². The fourth-order valence-corrected chi connectivity index (χ4v) is 0.984. The first-order chi connectivity index (χ1) is 6.95. The first-order valence-electron chi connectivity index (χ1n) is 4.90. The molecule has 0 radical (unpaired) electrons. The van der Waals surface area contributed by atoms with Gasteiger partial charge in [-0.2, -0.15) is 0 Å². The van der Waals surface area contributed by atoms with Crippen molar-refractivity contribution in [3.05, 3.63) is 0 Å². The van der Waals surface area contributed by atoms with E-state index in [2.05, 4.69) is 4.74 Å². The monoisotopic (exact) mass is 217 g/mol. The molecule has 0 N–H and O–H groups in total. The van der Waals surface area contributed by atoms with Gasteiger partial charge in [-0.25, -0.2) is 0 Å². The number of methoxy groups -OCH3 is 1. The van der Waals surface area contributed by atoms with Crippen LogP contribution >= 0.6 is 0 Å². The molecule has 0 bridgehead atoms. The van der Waals surface area contributed by atoms with Crippen molar-refractivity contribution in [1.82, 2.24) is 4.90 Å². The van der Waals surface area contributed by atoms with E-state index in [4.69, 9.17) is 4.74 Å².